The van der Waals surface area contributed by atoms with E-state index in [9.17, 15) is 8.42 Å². The molecule has 0 bridgehead atoms. The van der Waals surface area contributed by atoms with Gasteiger partial charge in [0.1, 0.15) is 6.07 Å². The highest BCUT2D eigenvalue weighted by Crippen LogP contribution is 2.27. The molecule has 1 aliphatic rings. The van der Waals surface area contributed by atoms with Crippen LogP contribution < -0.4 is 5.73 Å². The third kappa shape index (κ3) is 2.81. The predicted molar refractivity (Wildman–Crippen MR) is 76.7 cm³/mol. The summed E-state index contributed by atoms with van der Waals surface area (Å²) in [6.07, 6.45) is 1.29. The number of piperidine rings is 1. The molecule has 2 rings (SSSR count). The molecule has 2 atom stereocenters. The van der Waals surface area contributed by atoms with Crippen molar-refractivity contribution in [3.63, 3.8) is 0 Å². The van der Waals surface area contributed by atoms with E-state index in [4.69, 9.17) is 22.6 Å². The first-order chi connectivity index (χ1) is 9.36. The Morgan fingerprint density at radius 1 is 1.50 bits per heavy atom. The molecule has 0 amide bonds. The Hall–Kier alpha value is -1.13. The lowest BCUT2D eigenvalue weighted by molar-refractivity contribution is 0.247. The van der Waals surface area contributed by atoms with Crippen LogP contribution in [0.1, 0.15) is 25.3 Å². The largest absolute Gasteiger partial charge is 0.328 e. The maximum absolute atomic E-state index is 12.6. The molecule has 0 aromatic heterocycles. The van der Waals surface area contributed by atoms with Gasteiger partial charge in [0.15, 0.2) is 0 Å². The predicted octanol–water partition coefficient (Wildman–Crippen LogP) is 1.71. The number of nitrogens with two attached hydrogens (primary N) is 1. The van der Waals surface area contributed by atoms with Crippen molar-refractivity contribution >= 4 is 21.6 Å². The van der Waals surface area contributed by atoms with Crippen molar-refractivity contribution in [2.24, 2.45) is 5.73 Å². The molecule has 0 spiro atoms. The van der Waals surface area contributed by atoms with Crippen molar-refractivity contribution in [2.45, 2.75) is 36.7 Å². The molecule has 1 aliphatic heterocycles. The van der Waals surface area contributed by atoms with Gasteiger partial charge in [-0.3, -0.25) is 0 Å². The number of halogens is 1. The zero-order valence-electron chi connectivity index (χ0n) is 11.1. The highest BCUT2D eigenvalue weighted by molar-refractivity contribution is 7.89. The molecule has 108 valence electrons. The van der Waals surface area contributed by atoms with Gasteiger partial charge in [0.25, 0.3) is 0 Å². The van der Waals surface area contributed by atoms with Gasteiger partial charge in [-0.1, -0.05) is 11.6 Å². The first kappa shape index (κ1) is 15.3. The Balaban J connectivity index is 2.36. The van der Waals surface area contributed by atoms with Gasteiger partial charge in [-0.25, -0.2) is 8.42 Å². The smallest absolute Gasteiger partial charge is 0.243 e. The second-order valence-corrected chi connectivity index (χ2v) is 7.30. The van der Waals surface area contributed by atoms with E-state index in [0.29, 0.717) is 19.4 Å². The maximum atomic E-state index is 12.6. The van der Waals surface area contributed by atoms with Crippen molar-refractivity contribution in [2.75, 3.05) is 6.54 Å². The SMILES string of the molecule is C[C@@H]1C[C@H](N)CCN1S(=O)(=O)c1ccc(C#N)c(Cl)c1. The first-order valence-corrected chi connectivity index (χ1v) is 8.15. The van der Waals surface area contributed by atoms with Crippen molar-refractivity contribution in [3.05, 3.63) is 28.8 Å². The third-order valence-corrected chi connectivity index (χ3v) is 5.85. The Labute approximate surface area is 124 Å². The molecule has 1 aromatic carbocycles. The quantitative estimate of drug-likeness (QED) is 0.900. The topological polar surface area (TPSA) is 87.2 Å². The summed E-state index contributed by atoms with van der Waals surface area (Å²) in [7, 11) is -3.60. The first-order valence-electron chi connectivity index (χ1n) is 6.33. The van der Waals surface area contributed by atoms with Crippen LogP contribution in [0.25, 0.3) is 0 Å². The van der Waals surface area contributed by atoms with Crippen LogP contribution in [0.2, 0.25) is 5.02 Å². The molecule has 1 fully saturated rings. The normalized spacial score (nSPS) is 24.3. The fraction of sp³-hybridized carbons (Fsp3) is 0.462. The Bertz CT molecular complexity index is 654. The summed E-state index contributed by atoms with van der Waals surface area (Å²) in [5.74, 6) is 0. The lowest BCUT2D eigenvalue weighted by Gasteiger charge is -2.35. The summed E-state index contributed by atoms with van der Waals surface area (Å²) < 4.78 is 26.7. The van der Waals surface area contributed by atoms with Gasteiger partial charge in [0, 0.05) is 18.6 Å². The van der Waals surface area contributed by atoms with Gasteiger partial charge < -0.3 is 5.73 Å². The molecule has 0 radical (unpaired) electrons. The molecule has 0 aliphatic carbocycles. The van der Waals surface area contributed by atoms with E-state index in [2.05, 4.69) is 0 Å². The Morgan fingerprint density at radius 2 is 2.20 bits per heavy atom. The van der Waals surface area contributed by atoms with Crippen LogP contribution in [0.5, 0.6) is 0 Å². The molecule has 0 saturated carbocycles. The zero-order chi connectivity index (χ0) is 14.9. The van der Waals surface area contributed by atoms with E-state index in [1.807, 2.05) is 13.0 Å². The van der Waals surface area contributed by atoms with Gasteiger partial charge in [0.2, 0.25) is 10.0 Å². The fourth-order valence-corrected chi connectivity index (χ4v) is 4.40. The van der Waals surface area contributed by atoms with Crippen LogP contribution in [-0.2, 0) is 10.0 Å². The lowest BCUT2D eigenvalue weighted by atomic mass is 10.0. The molecular weight excluding hydrogens is 298 g/mol. The van der Waals surface area contributed by atoms with Gasteiger partial charge >= 0.3 is 0 Å². The summed E-state index contributed by atoms with van der Waals surface area (Å²) in [4.78, 5) is 0.115. The van der Waals surface area contributed by atoms with Crippen molar-refractivity contribution in [3.8, 4) is 6.07 Å². The Kier molecular flexibility index (Phi) is 4.35. The molecule has 1 aromatic rings. The van der Waals surface area contributed by atoms with E-state index in [0.717, 1.165) is 0 Å². The third-order valence-electron chi connectivity index (χ3n) is 3.52. The van der Waals surface area contributed by atoms with Crippen molar-refractivity contribution in [1.82, 2.24) is 4.31 Å². The number of sulfonamides is 1. The summed E-state index contributed by atoms with van der Waals surface area (Å²) in [6.45, 7) is 2.25. The minimum Gasteiger partial charge on any atom is -0.328 e. The van der Waals surface area contributed by atoms with E-state index in [1.54, 1.807) is 0 Å². The maximum Gasteiger partial charge on any atom is 0.243 e. The van der Waals surface area contributed by atoms with E-state index < -0.39 is 10.0 Å². The van der Waals surface area contributed by atoms with Gasteiger partial charge in [-0.05, 0) is 38.0 Å². The number of benzene rings is 1. The molecule has 1 saturated heterocycles. The molecule has 2 N–H and O–H groups in total. The fourth-order valence-electron chi connectivity index (χ4n) is 2.43. The van der Waals surface area contributed by atoms with Crippen LogP contribution in [0.3, 0.4) is 0 Å². The summed E-state index contributed by atoms with van der Waals surface area (Å²) in [6, 6.07) is 5.99. The van der Waals surface area contributed by atoms with Gasteiger partial charge in [0.05, 0.1) is 15.5 Å². The number of rotatable bonds is 2. The standard InChI is InChI=1S/C13H16ClN3O2S/c1-9-6-11(16)4-5-17(9)20(18,19)12-3-2-10(8-15)13(14)7-12/h2-3,7,9,11H,4-6,16H2,1H3/t9-,11-/m1/s1. The molecule has 1 heterocycles. The molecule has 7 heteroatoms. The van der Waals surface area contributed by atoms with Gasteiger partial charge in [-0.15, -0.1) is 0 Å². The molecule has 20 heavy (non-hydrogen) atoms. The second kappa shape index (κ2) is 5.70. The summed E-state index contributed by atoms with van der Waals surface area (Å²) in [5.41, 5.74) is 6.12. The Morgan fingerprint density at radius 3 is 2.75 bits per heavy atom. The van der Waals surface area contributed by atoms with Crippen LogP contribution in [0.15, 0.2) is 23.1 Å². The molecular formula is C13H16ClN3O2S. The number of hydrogen-bond donors (Lipinski definition) is 1. The number of nitriles is 1. The highest BCUT2D eigenvalue weighted by atomic mass is 35.5. The number of nitrogens with zero attached hydrogens (tertiary/aromatic N) is 2. The number of hydrogen-bond acceptors (Lipinski definition) is 4. The minimum absolute atomic E-state index is 0.0426. The van der Waals surface area contributed by atoms with Crippen LogP contribution in [-0.4, -0.2) is 31.4 Å². The highest BCUT2D eigenvalue weighted by Gasteiger charge is 2.33. The molecule has 5 nitrogen and oxygen atoms in total. The summed E-state index contributed by atoms with van der Waals surface area (Å²) >= 11 is 5.91. The van der Waals surface area contributed by atoms with Crippen LogP contribution in [0.4, 0.5) is 0 Å². The van der Waals surface area contributed by atoms with Gasteiger partial charge in [-0.2, -0.15) is 9.57 Å². The monoisotopic (exact) mass is 313 g/mol. The van der Waals surface area contributed by atoms with E-state index in [-0.39, 0.29) is 27.6 Å². The van der Waals surface area contributed by atoms with Crippen LogP contribution in [0, 0.1) is 11.3 Å². The second-order valence-electron chi connectivity index (χ2n) is 5.00. The molecule has 0 unspecified atom stereocenters. The van der Waals surface area contributed by atoms with E-state index >= 15 is 0 Å². The summed E-state index contributed by atoms with van der Waals surface area (Å²) in [5, 5.41) is 8.97. The van der Waals surface area contributed by atoms with Crippen LogP contribution >= 0.6 is 11.6 Å². The van der Waals surface area contributed by atoms with E-state index in [1.165, 1.54) is 22.5 Å². The zero-order valence-corrected chi connectivity index (χ0v) is 12.7. The average Bonchev–Trinajstić information content (AvgIpc) is 2.38. The minimum atomic E-state index is -3.60. The average molecular weight is 314 g/mol. The van der Waals surface area contributed by atoms with Crippen molar-refractivity contribution < 1.29 is 8.42 Å². The van der Waals surface area contributed by atoms with Crippen molar-refractivity contribution in [1.29, 1.82) is 5.26 Å². The lowest BCUT2D eigenvalue weighted by Crippen LogP contribution is -2.48.